The zero-order chi connectivity index (χ0) is 19.5. The molecule has 1 aliphatic heterocycles. The van der Waals surface area contributed by atoms with E-state index in [1.165, 1.54) is 10.9 Å². The number of aromatic nitrogens is 2. The van der Waals surface area contributed by atoms with Crippen LogP contribution in [0.2, 0.25) is 0 Å². The Bertz CT molecular complexity index is 982. The summed E-state index contributed by atoms with van der Waals surface area (Å²) in [6.07, 6.45) is 5.79. The third kappa shape index (κ3) is 3.76. The standard InChI is InChI=1S/C22H24N4O2/c1-24(12-13-25-11-8-18-4-2-3-5-20(18)25)22(28)19-14-21(27)26(16-19)15-17-6-9-23-10-7-17/h2-11,19H,12-16H2,1H3. The molecule has 0 bridgehead atoms. The van der Waals surface area contributed by atoms with Crippen LogP contribution in [0.4, 0.5) is 0 Å². The fourth-order valence-corrected chi connectivity index (χ4v) is 3.81. The summed E-state index contributed by atoms with van der Waals surface area (Å²) in [6, 6.07) is 14.1. The molecule has 1 fully saturated rings. The summed E-state index contributed by atoms with van der Waals surface area (Å²) < 4.78 is 2.16. The molecule has 0 radical (unpaired) electrons. The minimum absolute atomic E-state index is 0.0416. The van der Waals surface area contributed by atoms with E-state index in [2.05, 4.69) is 33.9 Å². The number of amides is 2. The molecule has 0 N–H and O–H groups in total. The van der Waals surface area contributed by atoms with Crippen molar-refractivity contribution in [2.45, 2.75) is 19.5 Å². The number of benzene rings is 1. The number of likely N-dealkylation sites (N-methyl/N-ethyl adjacent to an activating group) is 1. The van der Waals surface area contributed by atoms with Gasteiger partial charge in [0, 0.05) is 63.8 Å². The third-order valence-corrected chi connectivity index (χ3v) is 5.42. The average molecular weight is 376 g/mol. The number of likely N-dealkylation sites (tertiary alicyclic amines) is 1. The quantitative estimate of drug-likeness (QED) is 0.664. The second-order valence-electron chi connectivity index (χ2n) is 7.36. The van der Waals surface area contributed by atoms with Crippen molar-refractivity contribution < 1.29 is 9.59 Å². The first-order valence-electron chi connectivity index (χ1n) is 9.57. The zero-order valence-corrected chi connectivity index (χ0v) is 16.0. The Hall–Kier alpha value is -3.15. The Balaban J connectivity index is 1.34. The SMILES string of the molecule is CN(CCn1ccc2ccccc21)C(=O)C1CC(=O)N(Cc2ccncc2)C1. The van der Waals surface area contributed by atoms with Crippen LogP contribution in [0.25, 0.3) is 10.9 Å². The molecule has 1 aliphatic rings. The topological polar surface area (TPSA) is 58.4 Å². The van der Waals surface area contributed by atoms with Crippen LogP contribution >= 0.6 is 0 Å². The van der Waals surface area contributed by atoms with Crippen molar-refractivity contribution in [2.24, 2.45) is 5.92 Å². The molecule has 2 aromatic heterocycles. The third-order valence-electron chi connectivity index (χ3n) is 5.42. The Kier molecular flexibility index (Phi) is 5.10. The highest BCUT2D eigenvalue weighted by molar-refractivity contribution is 5.89. The number of hydrogen-bond donors (Lipinski definition) is 0. The molecule has 2 amide bonds. The molecule has 0 saturated carbocycles. The lowest BCUT2D eigenvalue weighted by atomic mass is 10.1. The van der Waals surface area contributed by atoms with E-state index in [0.717, 1.165) is 12.1 Å². The Morgan fingerprint density at radius 3 is 2.79 bits per heavy atom. The number of fused-ring (bicyclic) bond motifs is 1. The summed E-state index contributed by atoms with van der Waals surface area (Å²) in [7, 11) is 1.82. The maximum absolute atomic E-state index is 12.8. The molecule has 1 unspecified atom stereocenters. The number of carbonyl (C=O) groups is 2. The lowest BCUT2D eigenvalue weighted by molar-refractivity contribution is -0.134. The van der Waals surface area contributed by atoms with E-state index in [1.807, 2.05) is 31.3 Å². The number of nitrogens with zero attached hydrogens (tertiary/aromatic N) is 4. The maximum atomic E-state index is 12.8. The highest BCUT2D eigenvalue weighted by Gasteiger charge is 2.35. The summed E-state index contributed by atoms with van der Waals surface area (Å²) in [5.41, 5.74) is 2.20. The molecule has 6 nitrogen and oxygen atoms in total. The van der Waals surface area contributed by atoms with Gasteiger partial charge in [-0.05, 0) is 35.2 Å². The molecule has 6 heteroatoms. The van der Waals surface area contributed by atoms with Crippen LogP contribution in [0.15, 0.2) is 61.1 Å². The first-order chi connectivity index (χ1) is 13.6. The average Bonchev–Trinajstić information content (AvgIpc) is 3.30. The number of para-hydroxylation sites is 1. The Morgan fingerprint density at radius 1 is 1.18 bits per heavy atom. The highest BCUT2D eigenvalue weighted by atomic mass is 16.2. The molecule has 3 aromatic rings. The van der Waals surface area contributed by atoms with Gasteiger partial charge in [-0.25, -0.2) is 0 Å². The number of rotatable bonds is 6. The fraction of sp³-hybridized carbons (Fsp3) is 0.318. The van der Waals surface area contributed by atoms with Crippen LogP contribution in [0, 0.1) is 5.92 Å². The monoisotopic (exact) mass is 376 g/mol. The predicted octanol–water partition coefficient (Wildman–Crippen LogP) is 2.54. The lowest BCUT2D eigenvalue weighted by Gasteiger charge is -2.22. The van der Waals surface area contributed by atoms with E-state index in [-0.39, 0.29) is 17.7 Å². The fourth-order valence-electron chi connectivity index (χ4n) is 3.81. The van der Waals surface area contributed by atoms with Gasteiger partial charge in [-0.3, -0.25) is 14.6 Å². The molecule has 3 heterocycles. The molecule has 0 aliphatic carbocycles. The van der Waals surface area contributed by atoms with Crippen molar-refractivity contribution in [3.8, 4) is 0 Å². The number of hydrogen-bond acceptors (Lipinski definition) is 3. The number of pyridine rings is 1. The highest BCUT2D eigenvalue weighted by Crippen LogP contribution is 2.22. The molecule has 28 heavy (non-hydrogen) atoms. The van der Waals surface area contributed by atoms with E-state index in [1.54, 1.807) is 22.2 Å². The second-order valence-corrected chi connectivity index (χ2v) is 7.36. The van der Waals surface area contributed by atoms with Gasteiger partial charge in [0.25, 0.3) is 0 Å². The molecule has 4 rings (SSSR count). The lowest BCUT2D eigenvalue weighted by Crippen LogP contribution is -2.36. The summed E-state index contributed by atoms with van der Waals surface area (Å²) in [4.78, 5) is 32.7. The number of carbonyl (C=O) groups excluding carboxylic acids is 2. The molecular formula is C22H24N4O2. The summed E-state index contributed by atoms with van der Waals surface area (Å²) in [6.45, 7) is 2.37. The first-order valence-corrected chi connectivity index (χ1v) is 9.57. The van der Waals surface area contributed by atoms with Crippen LogP contribution in [-0.4, -0.2) is 51.3 Å². The predicted molar refractivity (Wildman–Crippen MR) is 107 cm³/mol. The smallest absolute Gasteiger partial charge is 0.227 e. The van der Waals surface area contributed by atoms with Crippen LogP contribution in [0.1, 0.15) is 12.0 Å². The van der Waals surface area contributed by atoms with Gasteiger partial charge in [0.15, 0.2) is 0 Å². The van der Waals surface area contributed by atoms with Gasteiger partial charge in [-0.15, -0.1) is 0 Å². The van der Waals surface area contributed by atoms with Gasteiger partial charge in [-0.2, -0.15) is 0 Å². The van der Waals surface area contributed by atoms with Crippen molar-refractivity contribution >= 4 is 22.7 Å². The van der Waals surface area contributed by atoms with E-state index < -0.39 is 0 Å². The van der Waals surface area contributed by atoms with Gasteiger partial charge in [0.05, 0.1) is 5.92 Å². The normalized spacial score (nSPS) is 16.7. The summed E-state index contributed by atoms with van der Waals surface area (Å²) >= 11 is 0. The van der Waals surface area contributed by atoms with Crippen LogP contribution in [-0.2, 0) is 22.7 Å². The van der Waals surface area contributed by atoms with Crippen LogP contribution in [0.3, 0.4) is 0 Å². The molecule has 144 valence electrons. The van der Waals surface area contributed by atoms with Gasteiger partial charge in [0.2, 0.25) is 11.8 Å². The van der Waals surface area contributed by atoms with Crippen LogP contribution in [0.5, 0.6) is 0 Å². The van der Waals surface area contributed by atoms with Gasteiger partial charge in [0.1, 0.15) is 0 Å². The largest absolute Gasteiger partial charge is 0.346 e. The van der Waals surface area contributed by atoms with Gasteiger partial charge < -0.3 is 14.4 Å². The molecule has 1 aromatic carbocycles. The van der Waals surface area contributed by atoms with E-state index in [0.29, 0.717) is 26.1 Å². The Morgan fingerprint density at radius 2 is 1.96 bits per heavy atom. The minimum atomic E-state index is -0.263. The molecule has 1 atom stereocenters. The van der Waals surface area contributed by atoms with Crippen molar-refractivity contribution in [3.05, 3.63) is 66.6 Å². The maximum Gasteiger partial charge on any atom is 0.227 e. The van der Waals surface area contributed by atoms with Gasteiger partial charge in [-0.1, -0.05) is 18.2 Å². The second kappa shape index (κ2) is 7.84. The molecular weight excluding hydrogens is 352 g/mol. The Labute approximate surface area is 164 Å². The minimum Gasteiger partial charge on any atom is -0.346 e. The van der Waals surface area contributed by atoms with E-state index in [4.69, 9.17) is 0 Å². The first kappa shape index (κ1) is 18.2. The van der Waals surface area contributed by atoms with Crippen LogP contribution < -0.4 is 0 Å². The van der Waals surface area contributed by atoms with Gasteiger partial charge >= 0.3 is 0 Å². The van der Waals surface area contributed by atoms with E-state index >= 15 is 0 Å². The van der Waals surface area contributed by atoms with Crippen molar-refractivity contribution in [3.63, 3.8) is 0 Å². The van der Waals surface area contributed by atoms with E-state index in [9.17, 15) is 9.59 Å². The summed E-state index contributed by atoms with van der Waals surface area (Å²) in [5, 5.41) is 1.20. The van der Waals surface area contributed by atoms with Crippen molar-refractivity contribution in [1.82, 2.24) is 19.4 Å². The van der Waals surface area contributed by atoms with Crippen molar-refractivity contribution in [2.75, 3.05) is 20.1 Å². The molecule has 1 saturated heterocycles. The zero-order valence-electron chi connectivity index (χ0n) is 16.0. The molecule has 0 spiro atoms. The summed E-state index contributed by atoms with van der Waals surface area (Å²) in [5.74, 6) is -0.178. The van der Waals surface area contributed by atoms with Crippen molar-refractivity contribution in [1.29, 1.82) is 0 Å².